The van der Waals surface area contributed by atoms with E-state index >= 15 is 0 Å². The quantitative estimate of drug-likeness (QED) is 0.347. The van der Waals surface area contributed by atoms with E-state index in [-0.39, 0.29) is 10.5 Å². The Kier molecular flexibility index (Phi) is 5.76. The fourth-order valence-corrected chi connectivity index (χ4v) is 9.80. The van der Waals surface area contributed by atoms with E-state index < -0.39 is 13.9 Å². The summed E-state index contributed by atoms with van der Waals surface area (Å²) in [4.78, 5) is 0. The highest BCUT2D eigenvalue weighted by Gasteiger charge is 2.63. The third-order valence-corrected chi connectivity index (χ3v) is 16.0. The summed E-state index contributed by atoms with van der Waals surface area (Å²) in [5.41, 5.74) is 1.82. The molecule has 0 radical (unpaired) electrons. The van der Waals surface area contributed by atoms with E-state index in [9.17, 15) is 5.11 Å². The highest BCUT2D eigenvalue weighted by molar-refractivity contribution is 6.74. The van der Waals surface area contributed by atoms with Crippen LogP contribution in [0, 0.1) is 34.5 Å². The molecule has 0 aromatic heterocycles. The Morgan fingerprint density at radius 1 is 1.03 bits per heavy atom. The van der Waals surface area contributed by atoms with Crippen molar-refractivity contribution >= 4 is 8.32 Å². The molecule has 4 saturated carbocycles. The zero-order valence-electron chi connectivity index (χ0n) is 22.0. The standard InChI is InChI=1S/C28H50O2Si/c1-10-19-12-14-22-21-13-11-20-18-26(5,29)15-16-27(20,6)23(21)17-24(28(19,22)7)30-31(8,9)25(2,3)4/h10,20-24,29H,11-18H2,1-9H3/b19-10-/t20-,21-,22-,23-,24+,26+,27-,28+/m0/s1. The Bertz CT molecular complexity index is 732. The molecule has 0 aliphatic heterocycles. The summed E-state index contributed by atoms with van der Waals surface area (Å²) in [7, 11) is -1.86. The van der Waals surface area contributed by atoms with Gasteiger partial charge >= 0.3 is 0 Å². The Hall–Kier alpha value is -0.123. The van der Waals surface area contributed by atoms with Gasteiger partial charge in [0.1, 0.15) is 0 Å². The molecular formula is C28H50O2Si. The topological polar surface area (TPSA) is 29.5 Å². The SMILES string of the molecule is C/C=C1/CC[C@H]2[C@@H]3CC[C@H]4C[C@](C)(O)CC[C@]4(C)[C@H]3C[C@@H](O[Si](C)(C)C(C)(C)C)[C@]12C. The van der Waals surface area contributed by atoms with Crippen molar-refractivity contribution < 1.29 is 9.53 Å². The van der Waals surface area contributed by atoms with Crippen LogP contribution in [0.3, 0.4) is 0 Å². The summed E-state index contributed by atoms with van der Waals surface area (Å²) >= 11 is 0. The molecule has 0 aromatic carbocycles. The highest BCUT2D eigenvalue weighted by atomic mass is 28.4. The van der Waals surface area contributed by atoms with E-state index in [4.69, 9.17) is 4.43 Å². The van der Waals surface area contributed by atoms with Crippen LogP contribution in [-0.2, 0) is 4.43 Å². The van der Waals surface area contributed by atoms with Gasteiger partial charge in [-0.05, 0) is 112 Å². The lowest BCUT2D eigenvalue weighted by atomic mass is 9.43. The van der Waals surface area contributed by atoms with Crippen molar-refractivity contribution in [2.45, 2.75) is 130 Å². The third kappa shape index (κ3) is 3.64. The number of hydrogen-bond acceptors (Lipinski definition) is 2. The van der Waals surface area contributed by atoms with Crippen LogP contribution in [0.2, 0.25) is 18.1 Å². The fourth-order valence-electron chi connectivity index (χ4n) is 8.39. The minimum Gasteiger partial charge on any atom is -0.413 e. The Labute approximate surface area is 193 Å². The minimum atomic E-state index is -1.86. The van der Waals surface area contributed by atoms with Crippen LogP contribution in [0.1, 0.15) is 99.8 Å². The van der Waals surface area contributed by atoms with E-state index in [1.54, 1.807) is 5.57 Å². The second-order valence-electron chi connectivity index (χ2n) is 14.1. The first-order valence-electron chi connectivity index (χ1n) is 13.2. The number of allylic oxidation sites excluding steroid dienone is 1. The van der Waals surface area contributed by atoms with Crippen LogP contribution in [-0.4, -0.2) is 25.1 Å². The van der Waals surface area contributed by atoms with Gasteiger partial charge in [-0.1, -0.05) is 46.3 Å². The van der Waals surface area contributed by atoms with Crippen molar-refractivity contribution in [3.05, 3.63) is 11.6 Å². The summed E-state index contributed by atoms with van der Waals surface area (Å²) in [6.07, 6.45) is 12.5. The second kappa shape index (κ2) is 7.44. The summed E-state index contributed by atoms with van der Waals surface area (Å²) < 4.78 is 7.36. The maximum Gasteiger partial charge on any atom is 0.192 e. The smallest absolute Gasteiger partial charge is 0.192 e. The average molecular weight is 447 g/mol. The molecule has 0 heterocycles. The third-order valence-electron chi connectivity index (χ3n) is 11.5. The molecule has 2 nitrogen and oxygen atoms in total. The van der Waals surface area contributed by atoms with Crippen LogP contribution in [0.4, 0.5) is 0 Å². The first-order chi connectivity index (χ1) is 14.2. The van der Waals surface area contributed by atoms with E-state index in [1.165, 1.54) is 38.5 Å². The predicted molar refractivity (Wildman–Crippen MR) is 134 cm³/mol. The van der Waals surface area contributed by atoms with Crippen LogP contribution >= 0.6 is 0 Å². The molecule has 1 N–H and O–H groups in total. The molecule has 31 heavy (non-hydrogen) atoms. The first-order valence-corrected chi connectivity index (χ1v) is 16.1. The summed E-state index contributed by atoms with van der Waals surface area (Å²) in [6, 6.07) is 0. The molecule has 4 fully saturated rings. The summed E-state index contributed by atoms with van der Waals surface area (Å²) in [5, 5.41) is 11.1. The largest absolute Gasteiger partial charge is 0.413 e. The van der Waals surface area contributed by atoms with Gasteiger partial charge in [-0.3, -0.25) is 0 Å². The maximum atomic E-state index is 10.8. The van der Waals surface area contributed by atoms with Gasteiger partial charge in [0, 0.05) is 5.41 Å². The Morgan fingerprint density at radius 3 is 2.32 bits per heavy atom. The van der Waals surface area contributed by atoms with Crippen molar-refractivity contribution in [3.63, 3.8) is 0 Å². The van der Waals surface area contributed by atoms with Gasteiger partial charge in [0.15, 0.2) is 8.32 Å². The molecule has 0 bridgehead atoms. The minimum absolute atomic E-state index is 0.217. The van der Waals surface area contributed by atoms with E-state index in [1.807, 2.05) is 0 Å². The summed E-state index contributed by atoms with van der Waals surface area (Å²) in [6.45, 7) is 21.6. The molecule has 3 heteroatoms. The second-order valence-corrected chi connectivity index (χ2v) is 18.9. The zero-order chi connectivity index (χ0) is 23.0. The maximum absolute atomic E-state index is 10.8. The summed E-state index contributed by atoms with van der Waals surface area (Å²) in [5.74, 6) is 3.04. The van der Waals surface area contributed by atoms with Crippen molar-refractivity contribution in [2.24, 2.45) is 34.5 Å². The van der Waals surface area contributed by atoms with E-state index in [0.29, 0.717) is 17.4 Å². The molecule has 8 atom stereocenters. The highest BCUT2D eigenvalue weighted by Crippen LogP contribution is 2.68. The Morgan fingerprint density at radius 2 is 1.71 bits per heavy atom. The molecule has 0 saturated heterocycles. The lowest BCUT2D eigenvalue weighted by Crippen LogP contribution is -2.60. The molecule has 0 spiro atoms. The van der Waals surface area contributed by atoms with Gasteiger partial charge in [0.2, 0.25) is 0 Å². The van der Waals surface area contributed by atoms with Crippen molar-refractivity contribution in [2.75, 3.05) is 0 Å². The zero-order valence-corrected chi connectivity index (χ0v) is 23.0. The molecule has 0 aromatic rings. The van der Waals surface area contributed by atoms with Gasteiger partial charge in [-0.25, -0.2) is 0 Å². The fraction of sp³-hybridized carbons (Fsp3) is 0.929. The molecule has 4 rings (SSSR count). The van der Waals surface area contributed by atoms with Crippen LogP contribution in [0.5, 0.6) is 0 Å². The van der Waals surface area contributed by atoms with Crippen molar-refractivity contribution in [1.82, 2.24) is 0 Å². The normalized spacial score (nSPS) is 49.5. The molecule has 178 valence electrons. The Balaban J connectivity index is 1.72. The van der Waals surface area contributed by atoms with Gasteiger partial charge in [0.25, 0.3) is 0 Å². The van der Waals surface area contributed by atoms with Crippen molar-refractivity contribution in [1.29, 1.82) is 0 Å². The predicted octanol–water partition coefficient (Wildman–Crippen LogP) is 7.73. The van der Waals surface area contributed by atoms with Gasteiger partial charge in [0.05, 0.1) is 11.7 Å². The number of rotatable bonds is 2. The van der Waals surface area contributed by atoms with Crippen LogP contribution in [0.25, 0.3) is 0 Å². The first kappa shape index (κ1) is 24.0. The van der Waals surface area contributed by atoms with E-state index in [0.717, 1.165) is 30.6 Å². The molecule has 0 unspecified atom stereocenters. The molecular weight excluding hydrogens is 396 g/mol. The number of aliphatic hydroxyl groups is 1. The van der Waals surface area contributed by atoms with E-state index in [2.05, 4.69) is 67.6 Å². The van der Waals surface area contributed by atoms with Crippen LogP contribution < -0.4 is 0 Å². The average Bonchev–Trinajstić information content (AvgIpc) is 2.99. The number of fused-ring (bicyclic) bond motifs is 5. The molecule has 4 aliphatic carbocycles. The van der Waals surface area contributed by atoms with Gasteiger partial charge in [-0.15, -0.1) is 0 Å². The monoisotopic (exact) mass is 446 g/mol. The molecule has 4 aliphatic rings. The van der Waals surface area contributed by atoms with Crippen molar-refractivity contribution in [3.8, 4) is 0 Å². The lowest BCUT2D eigenvalue weighted by Gasteiger charge is -2.63. The molecule has 0 amide bonds. The number of hydrogen-bond donors (Lipinski definition) is 1. The van der Waals surface area contributed by atoms with Gasteiger partial charge in [-0.2, -0.15) is 0 Å². The van der Waals surface area contributed by atoms with Gasteiger partial charge < -0.3 is 9.53 Å². The lowest BCUT2D eigenvalue weighted by molar-refractivity contribution is -0.163. The van der Waals surface area contributed by atoms with Crippen LogP contribution in [0.15, 0.2) is 11.6 Å².